The lowest BCUT2D eigenvalue weighted by molar-refractivity contribution is -0.153. The molecule has 0 unspecified atom stereocenters. The molecule has 0 bridgehead atoms. The Morgan fingerprint density at radius 1 is 0.968 bits per heavy atom. The first-order chi connectivity index (χ1) is 15.0. The van der Waals surface area contributed by atoms with Gasteiger partial charge in [-0.3, -0.25) is 4.79 Å². The van der Waals surface area contributed by atoms with Crippen LogP contribution in [0.25, 0.3) is 6.08 Å². The summed E-state index contributed by atoms with van der Waals surface area (Å²) in [6.07, 6.45) is 2.45. The molecule has 0 aliphatic heterocycles. The van der Waals surface area contributed by atoms with E-state index in [1.54, 1.807) is 31.4 Å². The van der Waals surface area contributed by atoms with E-state index in [2.05, 4.69) is 0 Å². The Kier molecular flexibility index (Phi) is 10.3. The highest BCUT2D eigenvalue weighted by Crippen LogP contribution is 2.20. The molecule has 166 valence electrons. The smallest absolute Gasteiger partial charge is 0.331 e. The zero-order chi connectivity index (χ0) is 22.5. The minimum Gasteiger partial charge on any atom is -0.497 e. The SMILES string of the molecule is COCC(COC)OC(=O)Cc1ccc(OC)cc1/C=C/C(=O)OCc1ccccc1. The number of methoxy groups -OCH3 is 3. The van der Waals surface area contributed by atoms with E-state index in [0.717, 1.165) is 5.56 Å². The van der Waals surface area contributed by atoms with Crippen LogP contribution in [0.1, 0.15) is 16.7 Å². The topological polar surface area (TPSA) is 80.3 Å². The molecule has 0 fully saturated rings. The van der Waals surface area contributed by atoms with Crippen LogP contribution in [0.2, 0.25) is 0 Å². The summed E-state index contributed by atoms with van der Waals surface area (Å²) in [5, 5.41) is 0. The summed E-state index contributed by atoms with van der Waals surface area (Å²) in [6.45, 7) is 0.659. The molecule has 2 rings (SSSR count). The van der Waals surface area contributed by atoms with Crippen molar-refractivity contribution >= 4 is 18.0 Å². The molecular formula is C24H28O7. The van der Waals surface area contributed by atoms with Gasteiger partial charge in [-0.2, -0.15) is 0 Å². The fourth-order valence-electron chi connectivity index (χ4n) is 2.82. The summed E-state index contributed by atoms with van der Waals surface area (Å²) in [4.78, 5) is 24.5. The quantitative estimate of drug-likeness (QED) is 0.379. The number of benzene rings is 2. The third-order valence-corrected chi connectivity index (χ3v) is 4.31. The summed E-state index contributed by atoms with van der Waals surface area (Å²) in [5.74, 6) is -0.308. The summed E-state index contributed by atoms with van der Waals surface area (Å²) < 4.78 is 26.0. The molecule has 31 heavy (non-hydrogen) atoms. The van der Waals surface area contributed by atoms with Crippen molar-refractivity contribution in [2.24, 2.45) is 0 Å². The lowest BCUT2D eigenvalue weighted by Gasteiger charge is -2.16. The fraction of sp³-hybridized carbons (Fsp3) is 0.333. The van der Waals surface area contributed by atoms with Gasteiger partial charge >= 0.3 is 11.9 Å². The van der Waals surface area contributed by atoms with Crippen LogP contribution in [0.3, 0.4) is 0 Å². The van der Waals surface area contributed by atoms with Gasteiger partial charge in [0.05, 0.1) is 26.7 Å². The van der Waals surface area contributed by atoms with Gasteiger partial charge < -0.3 is 23.7 Å². The second-order valence-corrected chi connectivity index (χ2v) is 6.69. The standard InChI is InChI=1S/C24H28O7/c1-27-16-22(17-28-2)31-24(26)14-20-9-11-21(29-3)13-19(20)10-12-23(25)30-15-18-7-5-4-6-8-18/h4-13,22H,14-17H2,1-3H3/b12-10+. The Labute approximate surface area is 182 Å². The molecule has 0 radical (unpaired) electrons. The van der Waals surface area contributed by atoms with Crippen LogP contribution in [0.15, 0.2) is 54.6 Å². The van der Waals surface area contributed by atoms with Crippen molar-refractivity contribution in [3.05, 3.63) is 71.3 Å². The Morgan fingerprint density at radius 3 is 2.32 bits per heavy atom. The zero-order valence-electron chi connectivity index (χ0n) is 18.0. The van der Waals surface area contributed by atoms with Gasteiger partial charge in [-0.15, -0.1) is 0 Å². The number of ether oxygens (including phenoxy) is 5. The third-order valence-electron chi connectivity index (χ3n) is 4.31. The Hall–Kier alpha value is -3.16. The summed E-state index contributed by atoms with van der Waals surface area (Å²) >= 11 is 0. The molecule has 0 atom stereocenters. The Bertz CT molecular complexity index is 855. The van der Waals surface area contributed by atoms with E-state index < -0.39 is 18.0 Å². The van der Waals surface area contributed by atoms with Gasteiger partial charge in [-0.05, 0) is 34.9 Å². The second-order valence-electron chi connectivity index (χ2n) is 6.69. The van der Waals surface area contributed by atoms with E-state index in [4.69, 9.17) is 23.7 Å². The lowest BCUT2D eigenvalue weighted by atomic mass is 10.0. The summed E-state index contributed by atoms with van der Waals surface area (Å²) in [6, 6.07) is 14.7. The molecule has 0 aliphatic rings. The molecule has 2 aromatic carbocycles. The first kappa shape index (κ1) is 24.1. The molecule has 0 spiro atoms. The molecule has 0 aromatic heterocycles. The minimum absolute atomic E-state index is 0.0205. The molecule has 0 aliphatic carbocycles. The Morgan fingerprint density at radius 2 is 1.68 bits per heavy atom. The maximum Gasteiger partial charge on any atom is 0.331 e. The second kappa shape index (κ2) is 13.2. The van der Waals surface area contributed by atoms with Crippen molar-refractivity contribution in [1.29, 1.82) is 0 Å². The predicted molar refractivity (Wildman–Crippen MR) is 116 cm³/mol. The van der Waals surface area contributed by atoms with Crippen molar-refractivity contribution in [2.75, 3.05) is 34.5 Å². The first-order valence-electron chi connectivity index (χ1n) is 9.78. The highest BCUT2D eigenvalue weighted by atomic mass is 16.6. The van der Waals surface area contributed by atoms with Crippen LogP contribution >= 0.6 is 0 Å². The van der Waals surface area contributed by atoms with Crippen molar-refractivity contribution in [1.82, 2.24) is 0 Å². The number of carbonyl (C=O) groups excluding carboxylic acids is 2. The van der Waals surface area contributed by atoms with Crippen LogP contribution in [0, 0.1) is 0 Å². The number of esters is 2. The van der Waals surface area contributed by atoms with Crippen molar-refractivity contribution in [3.63, 3.8) is 0 Å². The maximum atomic E-state index is 12.4. The normalized spacial score (nSPS) is 11.0. The summed E-state index contributed by atoms with van der Waals surface area (Å²) in [7, 11) is 4.60. The van der Waals surface area contributed by atoms with E-state index >= 15 is 0 Å². The highest BCUT2D eigenvalue weighted by molar-refractivity contribution is 5.88. The largest absolute Gasteiger partial charge is 0.497 e. The van der Waals surface area contributed by atoms with Gasteiger partial charge in [0.1, 0.15) is 18.5 Å². The van der Waals surface area contributed by atoms with Crippen LogP contribution in [-0.2, 0) is 41.6 Å². The van der Waals surface area contributed by atoms with E-state index in [1.807, 2.05) is 30.3 Å². The minimum atomic E-state index is -0.493. The van der Waals surface area contributed by atoms with Gasteiger partial charge in [0, 0.05) is 20.3 Å². The lowest BCUT2D eigenvalue weighted by Crippen LogP contribution is -2.28. The third kappa shape index (κ3) is 8.62. The van der Waals surface area contributed by atoms with Gasteiger partial charge in [0.25, 0.3) is 0 Å². The first-order valence-corrected chi connectivity index (χ1v) is 9.78. The van der Waals surface area contributed by atoms with Crippen LogP contribution in [-0.4, -0.2) is 52.6 Å². The van der Waals surface area contributed by atoms with E-state index in [9.17, 15) is 9.59 Å². The van der Waals surface area contributed by atoms with E-state index in [-0.39, 0.29) is 26.2 Å². The predicted octanol–water partition coefficient (Wildman–Crippen LogP) is 3.20. The molecule has 2 aromatic rings. The Balaban J connectivity index is 2.05. The molecule has 0 N–H and O–H groups in total. The van der Waals surface area contributed by atoms with Crippen LogP contribution in [0.4, 0.5) is 0 Å². The maximum absolute atomic E-state index is 12.4. The fourth-order valence-corrected chi connectivity index (χ4v) is 2.82. The average molecular weight is 428 g/mol. The van der Waals surface area contributed by atoms with Crippen LogP contribution < -0.4 is 4.74 Å². The van der Waals surface area contributed by atoms with Crippen LogP contribution in [0.5, 0.6) is 5.75 Å². The molecule has 0 saturated heterocycles. The molecule has 7 nitrogen and oxygen atoms in total. The molecular weight excluding hydrogens is 400 g/mol. The van der Waals surface area contributed by atoms with Gasteiger partial charge in [-0.25, -0.2) is 4.79 Å². The highest BCUT2D eigenvalue weighted by Gasteiger charge is 2.16. The van der Waals surface area contributed by atoms with Crippen molar-refractivity contribution < 1.29 is 33.3 Å². The van der Waals surface area contributed by atoms with E-state index in [0.29, 0.717) is 16.9 Å². The summed E-state index contributed by atoms with van der Waals surface area (Å²) in [5.41, 5.74) is 2.24. The monoisotopic (exact) mass is 428 g/mol. The molecule has 0 heterocycles. The number of hydrogen-bond donors (Lipinski definition) is 0. The van der Waals surface area contributed by atoms with Crippen molar-refractivity contribution in [2.45, 2.75) is 19.1 Å². The van der Waals surface area contributed by atoms with Gasteiger partial charge in [-0.1, -0.05) is 36.4 Å². The molecule has 0 saturated carbocycles. The zero-order valence-corrected chi connectivity index (χ0v) is 18.0. The molecule has 7 heteroatoms. The number of carbonyl (C=O) groups is 2. The number of rotatable bonds is 12. The van der Waals surface area contributed by atoms with Gasteiger partial charge in [0.15, 0.2) is 0 Å². The number of hydrogen-bond acceptors (Lipinski definition) is 7. The van der Waals surface area contributed by atoms with Crippen molar-refractivity contribution in [3.8, 4) is 5.75 Å². The average Bonchev–Trinajstić information content (AvgIpc) is 2.78. The van der Waals surface area contributed by atoms with Gasteiger partial charge in [0.2, 0.25) is 0 Å². The molecule has 0 amide bonds. The van der Waals surface area contributed by atoms with E-state index in [1.165, 1.54) is 20.3 Å².